The van der Waals surface area contributed by atoms with Crippen LogP contribution < -0.4 is 0 Å². The van der Waals surface area contributed by atoms with Crippen LogP contribution in [0.4, 0.5) is 0 Å². The Morgan fingerprint density at radius 3 is 2.40 bits per heavy atom. The van der Waals surface area contributed by atoms with Crippen molar-refractivity contribution >= 4 is 17.6 Å². The molecule has 0 radical (unpaired) electrons. The van der Waals surface area contributed by atoms with Crippen LogP contribution in [-0.4, -0.2) is 16.5 Å². The number of hydrogen-bond donors (Lipinski definition) is 1. The lowest BCUT2D eigenvalue weighted by Crippen LogP contribution is -2.27. The standard InChI is InChI=1S/C7H11ClO2/c8-6-4-2-1-3-5(6)7(9)10/h5-6H,1-4H2,(H,9,10)/t5-,6+/m0/s1. The molecule has 0 saturated heterocycles. The Hall–Kier alpha value is -0.240. The number of carboxylic acids is 1. The molecular formula is C7H11ClO2. The van der Waals surface area contributed by atoms with Crippen molar-refractivity contribution in [3.63, 3.8) is 0 Å². The Labute approximate surface area is 65.2 Å². The molecule has 0 spiro atoms. The zero-order valence-electron chi connectivity index (χ0n) is 5.72. The van der Waals surface area contributed by atoms with E-state index in [1.165, 1.54) is 0 Å². The highest BCUT2D eigenvalue weighted by molar-refractivity contribution is 6.22. The van der Waals surface area contributed by atoms with E-state index < -0.39 is 5.97 Å². The van der Waals surface area contributed by atoms with Crippen LogP contribution in [0.1, 0.15) is 25.7 Å². The van der Waals surface area contributed by atoms with E-state index in [0.717, 1.165) is 25.7 Å². The summed E-state index contributed by atoms with van der Waals surface area (Å²) in [6.07, 6.45) is 3.71. The third-order valence-corrected chi connectivity index (χ3v) is 2.52. The highest BCUT2D eigenvalue weighted by Gasteiger charge is 2.28. The highest BCUT2D eigenvalue weighted by Crippen LogP contribution is 2.28. The lowest BCUT2D eigenvalue weighted by molar-refractivity contribution is -0.142. The minimum Gasteiger partial charge on any atom is -0.481 e. The fraction of sp³-hybridized carbons (Fsp3) is 0.857. The van der Waals surface area contributed by atoms with Crippen LogP contribution in [0.3, 0.4) is 0 Å². The zero-order chi connectivity index (χ0) is 7.56. The SMILES string of the molecule is O=C(O)[C@H]1CCCC[C@H]1Cl. The van der Waals surface area contributed by atoms with E-state index in [1.807, 2.05) is 0 Å². The van der Waals surface area contributed by atoms with E-state index >= 15 is 0 Å². The second kappa shape index (κ2) is 3.24. The second-order valence-corrected chi connectivity index (χ2v) is 3.31. The highest BCUT2D eigenvalue weighted by atomic mass is 35.5. The first-order valence-electron chi connectivity index (χ1n) is 3.58. The van der Waals surface area contributed by atoms with Gasteiger partial charge in [0.1, 0.15) is 0 Å². The molecule has 0 bridgehead atoms. The van der Waals surface area contributed by atoms with Crippen molar-refractivity contribution in [2.75, 3.05) is 0 Å². The smallest absolute Gasteiger partial charge is 0.307 e. The average molecular weight is 163 g/mol. The van der Waals surface area contributed by atoms with Crippen molar-refractivity contribution < 1.29 is 9.90 Å². The van der Waals surface area contributed by atoms with Gasteiger partial charge in [-0.25, -0.2) is 0 Å². The molecule has 1 aliphatic carbocycles. The maximum absolute atomic E-state index is 10.5. The third-order valence-electron chi connectivity index (χ3n) is 2.00. The van der Waals surface area contributed by atoms with Crippen molar-refractivity contribution in [3.05, 3.63) is 0 Å². The van der Waals surface area contributed by atoms with Crippen LogP contribution in [0.5, 0.6) is 0 Å². The minimum atomic E-state index is -0.736. The predicted octanol–water partition coefficient (Wildman–Crippen LogP) is 1.87. The average Bonchev–Trinajstić information content (AvgIpc) is 1.88. The number of aliphatic carboxylic acids is 1. The first-order valence-corrected chi connectivity index (χ1v) is 4.02. The molecule has 1 aliphatic rings. The fourth-order valence-electron chi connectivity index (χ4n) is 1.36. The number of halogens is 1. The van der Waals surface area contributed by atoms with Gasteiger partial charge in [0.05, 0.1) is 5.92 Å². The van der Waals surface area contributed by atoms with E-state index in [4.69, 9.17) is 16.7 Å². The van der Waals surface area contributed by atoms with Crippen molar-refractivity contribution in [1.29, 1.82) is 0 Å². The molecule has 10 heavy (non-hydrogen) atoms. The predicted molar refractivity (Wildman–Crippen MR) is 39.2 cm³/mol. The Morgan fingerprint density at radius 1 is 1.40 bits per heavy atom. The van der Waals surface area contributed by atoms with Gasteiger partial charge in [0, 0.05) is 5.38 Å². The fourth-order valence-corrected chi connectivity index (χ4v) is 1.75. The largest absolute Gasteiger partial charge is 0.481 e. The van der Waals surface area contributed by atoms with Crippen LogP contribution in [0.15, 0.2) is 0 Å². The van der Waals surface area contributed by atoms with Crippen LogP contribution in [0.25, 0.3) is 0 Å². The lowest BCUT2D eigenvalue weighted by atomic mass is 9.89. The van der Waals surface area contributed by atoms with Gasteiger partial charge in [0.2, 0.25) is 0 Å². The number of rotatable bonds is 1. The van der Waals surface area contributed by atoms with E-state index in [9.17, 15) is 4.79 Å². The van der Waals surface area contributed by atoms with Crippen LogP contribution >= 0.6 is 11.6 Å². The molecule has 1 fully saturated rings. The molecule has 2 nitrogen and oxygen atoms in total. The monoisotopic (exact) mass is 162 g/mol. The minimum absolute atomic E-state index is 0.133. The molecule has 1 N–H and O–H groups in total. The molecule has 3 heteroatoms. The number of alkyl halides is 1. The van der Waals surface area contributed by atoms with Gasteiger partial charge in [-0.1, -0.05) is 12.8 Å². The van der Waals surface area contributed by atoms with E-state index in [0.29, 0.717) is 0 Å². The maximum Gasteiger partial charge on any atom is 0.307 e. The molecule has 1 saturated carbocycles. The second-order valence-electron chi connectivity index (χ2n) is 2.75. The van der Waals surface area contributed by atoms with E-state index in [-0.39, 0.29) is 11.3 Å². The van der Waals surface area contributed by atoms with Gasteiger partial charge in [0.25, 0.3) is 0 Å². The first kappa shape index (κ1) is 7.86. The van der Waals surface area contributed by atoms with Gasteiger partial charge < -0.3 is 5.11 Å². The lowest BCUT2D eigenvalue weighted by Gasteiger charge is -2.22. The number of carboxylic acid groups (broad SMARTS) is 1. The summed E-state index contributed by atoms with van der Waals surface area (Å²) in [5.74, 6) is -1.03. The van der Waals surface area contributed by atoms with Gasteiger partial charge in [-0.2, -0.15) is 0 Å². The Morgan fingerprint density at radius 2 is 2.00 bits per heavy atom. The summed E-state index contributed by atoms with van der Waals surface area (Å²) in [4.78, 5) is 10.5. The summed E-state index contributed by atoms with van der Waals surface area (Å²) < 4.78 is 0. The Balaban J connectivity index is 2.47. The molecule has 0 aliphatic heterocycles. The molecule has 2 atom stereocenters. The van der Waals surface area contributed by atoms with Crippen LogP contribution in [-0.2, 0) is 4.79 Å². The van der Waals surface area contributed by atoms with Crippen LogP contribution in [0, 0.1) is 5.92 Å². The summed E-state index contributed by atoms with van der Waals surface area (Å²) in [7, 11) is 0. The zero-order valence-corrected chi connectivity index (χ0v) is 6.47. The van der Waals surface area contributed by atoms with Gasteiger partial charge in [-0.05, 0) is 12.8 Å². The van der Waals surface area contributed by atoms with Gasteiger partial charge in [-0.15, -0.1) is 11.6 Å². The van der Waals surface area contributed by atoms with Gasteiger partial charge in [-0.3, -0.25) is 4.79 Å². The van der Waals surface area contributed by atoms with Gasteiger partial charge in [0.15, 0.2) is 0 Å². The summed E-state index contributed by atoms with van der Waals surface area (Å²) in [6.45, 7) is 0. The quantitative estimate of drug-likeness (QED) is 0.598. The van der Waals surface area contributed by atoms with Crippen molar-refractivity contribution in [2.24, 2.45) is 5.92 Å². The molecule has 0 unspecified atom stereocenters. The topological polar surface area (TPSA) is 37.3 Å². The molecule has 0 aromatic carbocycles. The number of carbonyl (C=O) groups is 1. The molecule has 0 amide bonds. The normalized spacial score (nSPS) is 33.7. The molecule has 1 rings (SSSR count). The molecule has 0 aromatic rings. The number of hydrogen-bond acceptors (Lipinski definition) is 1. The Kier molecular flexibility index (Phi) is 2.55. The van der Waals surface area contributed by atoms with E-state index in [1.54, 1.807) is 0 Å². The molecule has 0 heterocycles. The van der Waals surface area contributed by atoms with Crippen LogP contribution in [0.2, 0.25) is 0 Å². The molecular weight excluding hydrogens is 152 g/mol. The Bertz CT molecular complexity index is 136. The summed E-state index contributed by atoms with van der Waals surface area (Å²) in [5, 5.41) is 8.49. The van der Waals surface area contributed by atoms with Crippen molar-refractivity contribution in [3.8, 4) is 0 Å². The third kappa shape index (κ3) is 1.63. The maximum atomic E-state index is 10.5. The summed E-state index contributed by atoms with van der Waals surface area (Å²) >= 11 is 5.80. The van der Waals surface area contributed by atoms with Crippen molar-refractivity contribution in [2.45, 2.75) is 31.1 Å². The first-order chi connectivity index (χ1) is 4.72. The summed E-state index contributed by atoms with van der Waals surface area (Å²) in [6, 6.07) is 0. The van der Waals surface area contributed by atoms with Crippen molar-refractivity contribution in [1.82, 2.24) is 0 Å². The van der Waals surface area contributed by atoms with Gasteiger partial charge >= 0.3 is 5.97 Å². The summed E-state index contributed by atoms with van der Waals surface area (Å²) in [5.41, 5.74) is 0. The molecule has 58 valence electrons. The molecule has 0 aromatic heterocycles. The van der Waals surface area contributed by atoms with E-state index in [2.05, 4.69) is 0 Å².